The van der Waals surface area contributed by atoms with Crippen LogP contribution in [0.15, 0.2) is 34.8 Å². The number of rotatable bonds is 4. The summed E-state index contributed by atoms with van der Waals surface area (Å²) in [5, 5.41) is 2.82. The average molecular weight is 367 g/mol. The zero-order valence-electron chi connectivity index (χ0n) is 13.7. The lowest BCUT2D eigenvalue weighted by atomic mass is 9.96. The Morgan fingerprint density at radius 1 is 1.32 bits per heavy atom. The molecule has 0 saturated carbocycles. The summed E-state index contributed by atoms with van der Waals surface area (Å²) in [4.78, 5) is 25.4. The summed E-state index contributed by atoms with van der Waals surface area (Å²) >= 11 is 3.38. The molecule has 0 radical (unpaired) electrons. The lowest BCUT2D eigenvalue weighted by Gasteiger charge is -2.17. The molecule has 5 heteroatoms. The van der Waals surface area contributed by atoms with E-state index in [4.69, 9.17) is 0 Å². The Kier molecular flexibility index (Phi) is 6.35. The number of nitrogens with zero attached hydrogens (tertiary/aromatic N) is 1. The van der Waals surface area contributed by atoms with E-state index in [1.165, 1.54) is 11.0 Å². The highest BCUT2D eigenvalue weighted by molar-refractivity contribution is 9.10. The summed E-state index contributed by atoms with van der Waals surface area (Å²) in [7, 11) is 1.61. The highest BCUT2D eigenvalue weighted by atomic mass is 79.9. The van der Waals surface area contributed by atoms with Gasteiger partial charge < -0.3 is 10.2 Å². The molecule has 4 nitrogen and oxygen atoms in total. The second-order valence-corrected chi connectivity index (χ2v) is 7.32. The van der Waals surface area contributed by atoms with E-state index in [9.17, 15) is 9.59 Å². The van der Waals surface area contributed by atoms with Crippen molar-refractivity contribution in [1.82, 2.24) is 4.90 Å². The summed E-state index contributed by atoms with van der Waals surface area (Å²) in [5.74, 6) is -0.400. The van der Waals surface area contributed by atoms with Crippen molar-refractivity contribution in [3.8, 4) is 0 Å². The van der Waals surface area contributed by atoms with Gasteiger partial charge in [-0.1, -0.05) is 42.8 Å². The van der Waals surface area contributed by atoms with E-state index in [2.05, 4.69) is 21.2 Å². The van der Waals surface area contributed by atoms with Gasteiger partial charge in [-0.05, 0) is 42.2 Å². The summed E-state index contributed by atoms with van der Waals surface area (Å²) in [6.07, 6.45) is 3.35. The van der Waals surface area contributed by atoms with Gasteiger partial charge in [-0.15, -0.1) is 0 Å². The first kappa shape index (κ1) is 18.4. The first-order valence-corrected chi connectivity index (χ1v) is 7.88. The van der Waals surface area contributed by atoms with Crippen molar-refractivity contribution in [3.05, 3.63) is 40.4 Å². The predicted molar refractivity (Wildman–Crippen MR) is 93.7 cm³/mol. The molecule has 120 valence electrons. The predicted octanol–water partition coefficient (Wildman–Crippen LogP) is 3.76. The summed E-state index contributed by atoms with van der Waals surface area (Å²) in [6.45, 7) is 7.98. The number of nitrogens with one attached hydrogen (secondary N) is 1. The van der Waals surface area contributed by atoms with Gasteiger partial charge in [0, 0.05) is 17.2 Å². The van der Waals surface area contributed by atoms with Crippen molar-refractivity contribution in [2.75, 3.05) is 18.9 Å². The van der Waals surface area contributed by atoms with E-state index in [0.29, 0.717) is 0 Å². The second kappa shape index (κ2) is 7.58. The number of hydrogen-bond donors (Lipinski definition) is 1. The Morgan fingerprint density at radius 2 is 1.95 bits per heavy atom. The third-order valence-electron chi connectivity index (χ3n) is 2.95. The fourth-order valence-corrected chi connectivity index (χ4v) is 2.17. The second-order valence-electron chi connectivity index (χ2n) is 6.40. The molecular weight excluding hydrogens is 344 g/mol. The number of anilines is 1. The number of hydrogen-bond acceptors (Lipinski definition) is 2. The van der Waals surface area contributed by atoms with Gasteiger partial charge >= 0.3 is 0 Å². The van der Waals surface area contributed by atoms with E-state index in [0.717, 1.165) is 15.7 Å². The minimum absolute atomic E-state index is 0.0167. The van der Waals surface area contributed by atoms with Crippen LogP contribution in [0.4, 0.5) is 5.69 Å². The van der Waals surface area contributed by atoms with Crippen LogP contribution >= 0.6 is 15.9 Å². The molecule has 0 fully saturated rings. The summed E-state index contributed by atoms with van der Waals surface area (Å²) in [6, 6.07) is 5.62. The van der Waals surface area contributed by atoms with Crippen LogP contribution in [-0.2, 0) is 9.59 Å². The van der Waals surface area contributed by atoms with Crippen molar-refractivity contribution in [2.45, 2.75) is 27.7 Å². The minimum atomic E-state index is -0.217. The van der Waals surface area contributed by atoms with Crippen LogP contribution in [-0.4, -0.2) is 30.3 Å². The third-order valence-corrected chi connectivity index (χ3v) is 3.44. The van der Waals surface area contributed by atoms with E-state index in [1.807, 2.05) is 52.0 Å². The number of halogens is 1. The van der Waals surface area contributed by atoms with E-state index in [1.54, 1.807) is 7.05 Å². The number of carbonyl (C=O) groups is 2. The van der Waals surface area contributed by atoms with Crippen LogP contribution in [0.1, 0.15) is 26.3 Å². The molecule has 0 aromatic heterocycles. The standard InChI is InChI=1S/C17H23BrN2O2/c1-12-10-13(18)6-7-14(12)19-15(21)11-20(5)16(22)8-9-17(2,3)4/h6-10H,11H2,1-5H3,(H,19,21)/b9-8-. The zero-order valence-corrected chi connectivity index (χ0v) is 15.3. The molecule has 22 heavy (non-hydrogen) atoms. The van der Waals surface area contributed by atoms with E-state index < -0.39 is 0 Å². The molecule has 2 amide bonds. The van der Waals surface area contributed by atoms with Gasteiger partial charge in [0.05, 0.1) is 6.54 Å². The first-order chi connectivity index (χ1) is 10.1. The fraction of sp³-hybridized carbons (Fsp3) is 0.412. The monoisotopic (exact) mass is 366 g/mol. The molecule has 0 saturated heterocycles. The SMILES string of the molecule is Cc1cc(Br)ccc1NC(=O)CN(C)C(=O)/C=C\C(C)(C)C. The van der Waals surface area contributed by atoms with Crippen molar-refractivity contribution < 1.29 is 9.59 Å². The Morgan fingerprint density at radius 3 is 2.50 bits per heavy atom. The first-order valence-electron chi connectivity index (χ1n) is 7.09. The third kappa shape index (κ3) is 6.43. The molecule has 1 N–H and O–H groups in total. The molecule has 0 aliphatic rings. The number of carbonyl (C=O) groups excluding carboxylic acids is 2. The van der Waals surface area contributed by atoms with Gasteiger partial charge in [-0.3, -0.25) is 9.59 Å². The Bertz CT molecular complexity index is 589. The van der Waals surface area contributed by atoms with E-state index >= 15 is 0 Å². The zero-order chi connectivity index (χ0) is 16.9. The fourth-order valence-electron chi connectivity index (χ4n) is 1.70. The Hall–Kier alpha value is -1.62. The smallest absolute Gasteiger partial charge is 0.246 e. The number of amides is 2. The molecule has 0 aliphatic heterocycles. The maximum Gasteiger partial charge on any atom is 0.246 e. The van der Waals surface area contributed by atoms with Crippen LogP contribution in [0, 0.1) is 12.3 Å². The van der Waals surface area contributed by atoms with Gasteiger partial charge in [0.2, 0.25) is 11.8 Å². The summed E-state index contributed by atoms with van der Waals surface area (Å²) in [5.41, 5.74) is 1.65. The lowest BCUT2D eigenvalue weighted by molar-refractivity contribution is -0.129. The lowest BCUT2D eigenvalue weighted by Crippen LogP contribution is -2.34. The molecule has 0 spiro atoms. The topological polar surface area (TPSA) is 49.4 Å². The van der Waals surface area contributed by atoms with Gasteiger partial charge in [-0.2, -0.15) is 0 Å². The van der Waals surface area contributed by atoms with Crippen molar-refractivity contribution in [1.29, 1.82) is 0 Å². The van der Waals surface area contributed by atoms with Crippen LogP contribution < -0.4 is 5.32 Å². The van der Waals surface area contributed by atoms with Gasteiger partial charge in [0.15, 0.2) is 0 Å². The highest BCUT2D eigenvalue weighted by Crippen LogP contribution is 2.20. The normalized spacial score (nSPS) is 11.5. The maximum atomic E-state index is 12.0. The number of aryl methyl sites for hydroxylation is 1. The minimum Gasteiger partial charge on any atom is -0.333 e. The highest BCUT2D eigenvalue weighted by Gasteiger charge is 2.13. The molecule has 0 unspecified atom stereocenters. The molecule has 0 aliphatic carbocycles. The van der Waals surface area contributed by atoms with E-state index in [-0.39, 0.29) is 23.8 Å². The maximum absolute atomic E-state index is 12.0. The largest absolute Gasteiger partial charge is 0.333 e. The molecule has 1 rings (SSSR count). The van der Waals surface area contributed by atoms with Crippen LogP contribution in [0.2, 0.25) is 0 Å². The van der Waals surface area contributed by atoms with Crippen LogP contribution in [0.5, 0.6) is 0 Å². The molecule has 0 atom stereocenters. The molecule has 1 aromatic rings. The van der Waals surface area contributed by atoms with Crippen molar-refractivity contribution in [2.24, 2.45) is 5.41 Å². The Balaban J connectivity index is 2.61. The molecule has 0 heterocycles. The van der Waals surface area contributed by atoms with Gasteiger partial charge in [0.25, 0.3) is 0 Å². The molecular formula is C17H23BrN2O2. The quantitative estimate of drug-likeness (QED) is 0.824. The number of allylic oxidation sites excluding steroid dienone is 1. The van der Waals surface area contributed by atoms with Crippen molar-refractivity contribution in [3.63, 3.8) is 0 Å². The number of benzene rings is 1. The average Bonchev–Trinajstić information content (AvgIpc) is 2.38. The van der Waals surface area contributed by atoms with Gasteiger partial charge in [-0.25, -0.2) is 0 Å². The van der Waals surface area contributed by atoms with Crippen molar-refractivity contribution >= 4 is 33.4 Å². The molecule has 0 bridgehead atoms. The van der Waals surface area contributed by atoms with Gasteiger partial charge in [0.1, 0.15) is 0 Å². The molecule has 1 aromatic carbocycles. The Labute approximate surface area is 140 Å². The van der Waals surface area contributed by atoms with Crippen LogP contribution in [0.3, 0.4) is 0 Å². The number of likely N-dealkylation sites (N-methyl/N-ethyl adjacent to an activating group) is 1. The van der Waals surface area contributed by atoms with Crippen LogP contribution in [0.25, 0.3) is 0 Å². The summed E-state index contributed by atoms with van der Waals surface area (Å²) < 4.78 is 0.961.